The first-order chi connectivity index (χ1) is 7.81. The standard InChI is InChI=1S/C14H28Br2/c1-2-3-4-5-6-7-8-9-11-14(16)12-10-13-15/h14H,2-13H2,1H3. The van der Waals surface area contributed by atoms with E-state index in [-0.39, 0.29) is 0 Å². The van der Waals surface area contributed by atoms with E-state index in [1.807, 2.05) is 0 Å². The number of hydrogen-bond acceptors (Lipinski definition) is 0. The van der Waals surface area contributed by atoms with Gasteiger partial charge in [-0.3, -0.25) is 0 Å². The molecule has 2 heteroatoms. The van der Waals surface area contributed by atoms with Crippen molar-refractivity contribution in [3.63, 3.8) is 0 Å². The van der Waals surface area contributed by atoms with Crippen molar-refractivity contribution in [2.24, 2.45) is 0 Å². The summed E-state index contributed by atoms with van der Waals surface area (Å²) >= 11 is 7.24. The molecule has 0 rings (SSSR count). The van der Waals surface area contributed by atoms with Gasteiger partial charge >= 0.3 is 0 Å². The lowest BCUT2D eigenvalue weighted by molar-refractivity contribution is 0.555. The van der Waals surface area contributed by atoms with E-state index >= 15 is 0 Å². The Labute approximate surface area is 119 Å². The molecular formula is C14H28Br2. The van der Waals surface area contributed by atoms with Crippen molar-refractivity contribution < 1.29 is 0 Å². The van der Waals surface area contributed by atoms with E-state index in [0.29, 0.717) is 0 Å². The van der Waals surface area contributed by atoms with Crippen LogP contribution in [0, 0.1) is 0 Å². The molecule has 0 amide bonds. The summed E-state index contributed by atoms with van der Waals surface area (Å²) in [4.78, 5) is 0.755. The van der Waals surface area contributed by atoms with Gasteiger partial charge in [-0.15, -0.1) is 0 Å². The second-order valence-corrected chi connectivity index (χ2v) is 6.78. The lowest BCUT2D eigenvalue weighted by Crippen LogP contribution is -1.97. The van der Waals surface area contributed by atoms with Crippen LogP contribution < -0.4 is 0 Å². The minimum absolute atomic E-state index is 0.755. The summed E-state index contributed by atoms with van der Waals surface area (Å²) in [6.45, 7) is 2.28. The van der Waals surface area contributed by atoms with Gasteiger partial charge in [0.1, 0.15) is 0 Å². The van der Waals surface area contributed by atoms with Gasteiger partial charge in [-0.25, -0.2) is 0 Å². The molecule has 0 saturated heterocycles. The highest BCUT2D eigenvalue weighted by Crippen LogP contribution is 2.18. The highest BCUT2D eigenvalue weighted by atomic mass is 79.9. The number of unbranched alkanes of at least 4 members (excludes halogenated alkanes) is 7. The molecule has 0 aromatic rings. The molecule has 0 heterocycles. The molecule has 1 atom stereocenters. The zero-order valence-electron chi connectivity index (χ0n) is 10.8. The van der Waals surface area contributed by atoms with E-state index < -0.39 is 0 Å². The van der Waals surface area contributed by atoms with Crippen LogP contribution in [-0.2, 0) is 0 Å². The van der Waals surface area contributed by atoms with Gasteiger partial charge < -0.3 is 0 Å². The Morgan fingerprint density at radius 3 is 1.81 bits per heavy atom. The fraction of sp³-hybridized carbons (Fsp3) is 1.00. The number of halogens is 2. The van der Waals surface area contributed by atoms with E-state index in [1.54, 1.807) is 0 Å². The number of rotatable bonds is 12. The van der Waals surface area contributed by atoms with E-state index in [4.69, 9.17) is 0 Å². The van der Waals surface area contributed by atoms with Gasteiger partial charge in [0.05, 0.1) is 0 Å². The predicted octanol–water partition coefficient (Wildman–Crippen LogP) is 6.46. The van der Waals surface area contributed by atoms with Crippen LogP contribution in [0.2, 0.25) is 0 Å². The third-order valence-corrected chi connectivity index (χ3v) is 4.50. The largest absolute Gasteiger partial charge is 0.0928 e. The molecule has 0 aromatic carbocycles. The molecule has 0 bridgehead atoms. The molecule has 0 aliphatic carbocycles. The summed E-state index contributed by atoms with van der Waals surface area (Å²) in [6, 6.07) is 0. The van der Waals surface area contributed by atoms with Gasteiger partial charge in [0.15, 0.2) is 0 Å². The Kier molecular flexibility index (Phi) is 14.9. The molecule has 0 aliphatic heterocycles. The zero-order chi connectivity index (χ0) is 12.1. The molecule has 0 aliphatic rings. The minimum Gasteiger partial charge on any atom is -0.0928 e. The molecule has 16 heavy (non-hydrogen) atoms. The van der Waals surface area contributed by atoms with E-state index in [9.17, 15) is 0 Å². The van der Waals surface area contributed by atoms with Gasteiger partial charge in [-0.1, -0.05) is 90.2 Å². The monoisotopic (exact) mass is 354 g/mol. The Hall–Kier alpha value is 0.960. The first-order valence-corrected chi connectivity index (χ1v) is 9.05. The average molecular weight is 356 g/mol. The van der Waals surface area contributed by atoms with E-state index in [2.05, 4.69) is 38.8 Å². The lowest BCUT2D eigenvalue weighted by atomic mass is 10.1. The summed E-state index contributed by atoms with van der Waals surface area (Å²) in [5.41, 5.74) is 0. The summed E-state index contributed by atoms with van der Waals surface area (Å²) in [5.74, 6) is 0. The first-order valence-electron chi connectivity index (χ1n) is 7.01. The maximum Gasteiger partial charge on any atom is 0.0146 e. The highest BCUT2D eigenvalue weighted by molar-refractivity contribution is 9.09. The fourth-order valence-electron chi connectivity index (χ4n) is 1.94. The lowest BCUT2D eigenvalue weighted by Gasteiger charge is -2.08. The van der Waals surface area contributed by atoms with Crippen molar-refractivity contribution in [3.8, 4) is 0 Å². The van der Waals surface area contributed by atoms with Gasteiger partial charge in [0.25, 0.3) is 0 Å². The fourth-order valence-corrected chi connectivity index (χ4v) is 2.91. The Morgan fingerprint density at radius 2 is 1.25 bits per heavy atom. The van der Waals surface area contributed by atoms with Crippen molar-refractivity contribution in [2.75, 3.05) is 5.33 Å². The normalized spacial score (nSPS) is 12.9. The Morgan fingerprint density at radius 1 is 0.750 bits per heavy atom. The molecule has 0 radical (unpaired) electrons. The van der Waals surface area contributed by atoms with Crippen molar-refractivity contribution >= 4 is 31.9 Å². The average Bonchev–Trinajstić information content (AvgIpc) is 2.30. The van der Waals surface area contributed by atoms with Gasteiger partial charge in [0.2, 0.25) is 0 Å². The second-order valence-electron chi connectivity index (χ2n) is 4.69. The predicted molar refractivity (Wildman–Crippen MR) is 83.0 cm³/mol. The SMILES string of the molecule is CCCCCCCCCCC(Br)CCCBr. The number of hydrogen-bond donors (Lipinski definition) is 0. The highest BCUT2D eigenvalue weighted by Gasteiger charge is 2.02. The Balaban J connectivity index is 3.02. The third-order valence-electron chi connectivity index (χ3n) is 3.02. The van der Waals surface area contributed by atoms with Crippen LogP contribution in [0.15, 0.2) is 0 Å². The van der Waals surface area contributed by atoms with Gasteiger partial charge in [0, 0.05) is 10.2 Å². The number of alkyl halides is 2. The maximum absolute atomic E-state index is 3.76. The van der Waals surface area contributed by atoms with Gasteiger partial charge in [-0.2, -0.15) is 0 Å². The second kappa shape index (κ2) is 14.0. The molecule has 1 unspecified atom stereocenters. The molecule has 0 spiro atoms. The summed E-state index contributed by atoms with van der Waals surface area (Å²) in [6.07, 6.45) is 15.4. The van der Waals surface area contributed by atoms with Crippen molar-refractivity contribution in [2.45, 2.75) is 82.4 Å². The topological polar surface area (TPSA) is 0 Å². The summed E-state index contributed by atoms with van der Waals surface area (Å²) in [5, 5.41) is 1.15. The van der Waals surface area contributed by atoms with Crippen LogP contribution in [0.1, 0.15) is 77.6 Å². The van der Waals surface area contributed by atoms with E-state index in [1.165, 1.54) is 70.6 Å². The maximum atomic E-state index is 3.76. The molecular weight excluding hydrogens is 328 g/mol. The molecule has 0 saturated carbocycles. The first kappa shape index (κ1) is 17.0. The van der Waals surface area contributed by atoms with Crippen molar-refractivity contribution in [3.05, 3.63) is 0 Å². The van der Waals surface area contributed by atoms with Crippen molar-refractivity contribution in [1.82, 2.24) is 0 Å². The van der Waals surface area contributed by atoms with Crippen LogP contribution in [-0.4, -0.2) is 10.2 Å². The van der Waals surface area contributed by atoms with Crippen molar-refractivity contribution in [1.29, 1.82) is 0 Å². The third kappa shape index (κ3) is 13.0. The van der Waals surface area contributed by atoms with Gasteiger partial charge in [-0.05, 0) is 19.3 Å². The van der Waals surface area contributed by atoms with E-state index in [0.717, 1.165) is 10.2 Å². The molecule has 98 valence electrons. The quantitative estimate of drug-likeness (QED) is 0.278. The van der Waals surface area contributed by atoms with Crippen LogP contribution in [0.3, 0.4) is 0 Å². The van der Waals surface area contributed by atoms with Crippen LogP contribution in [0.25, 0.3) is 0 Å². The summed E-state index contributed by atoms with van der Waals surface area (Å²) < 4.78 is 0. The zero-order valence-corrected chi connectivity index (χ0v) is 14.0. The molecule has 0 aromatic heterocycles. The van der Waals surface area contributed by atoms with Crippen LogP contribution in [0.4, 0.5) is 0 Å². The summed E-state index contributed by atoms with van der Waals surface area (Å²) in [7, 11) is 0. The minimum atomic E-state index is 0.755. The Bertz CT molecular complexity index is 126. The van der Waals surface area contributed by atoms with Crippen LogP contribution >= 0.6 is 31.9 Å². The van der Waals surface area contributed by atoms with Crippen LogP contribution in [0.5, 0.6) is 0 Å². The molecule has 0 nitrogen and oxygen atoms in total. The molecule has 0 fully saturated rings. The smallest absolute Gasteiger partial charge is 0.0146 e. The molecule has 0 N–H and O–H groups in total.